The highest BCUT2D eigenvalue weighted by Crippen LogP contribution is 2.22. The summed E-state index contributed by atoms with van der Waals surface area (Å²) in [5, 5.41) is 20.0. The SMILES string of the molecule is CC(O)CN(C)C(=O)c1cc([N+](=O)[O-])ccc1NN. The van der Waals surface area contributed by atoms with Gasteiger partial charge < -0.3 is 15.4 Å². The van der Waals surface area contributed by atoms with Gasteiger partial charge in [-0.1, -0.05) is 0 Å². The lowest BCUT2D eigenvalue weighted by atomic mass is 10.1. The summed E-state index contributed by atoms with van der Waals surface area (Å²) in [4.78, 5) is 23.5. The van der Waals surface area contributed by atoms with Crippen LogP contribution in [0.3, 0.4) is 0 Å². The number of nitrogens with two attached hydrogens (primary N) is 1. The Balaban J connectivity index is 3.12. The fourth-order valence-corrected chi connectivity index (χ4v) is 1.63. The van der Waals surface area contributed by atoms with E-state index >= 15 is 0 Å². The molecule has 0 fully saturated rings. The molecule has 0 radical (unpaired) electrons. The van der Waals surface area contributed by atoms with Gasteiger partial charge in [-0.25, -0.2) is 0 Å². The maximum absolute atomic E-state index is 12.1. The first kappa shape index (κ1) is 14.9. The molecule has 4 N–H and O–H groups in total. The average Bonchev–Trinajstić information content (AvgIpc) is 2.36. The van der Waals surface area contributed by atoms with E-state index in [1.807, 2.05) is 0 Å². The zero-order valence-electron chi connectivity index (χ0n) is 10.7. The monoisotopic (exact) mass is 268 g/mol. The van der Waals surface area contributed by atoms with Gasteiger partial charge in [0, 0.05) is 25.7 Å². The third-order valence-electron chi connectivity index (χ3n) is 2.48. The number of nitrogens with zero attached hydrogens (tertiary/aromatic N) is 2. The summed E-state index contributed by atoms with van der Waals surface area (Å²) in [7, 11) is 1.49. The van der Waals surface area contributed by atoms with Gasteiger partial charge in [0.1, 0.15) is 0 Å². The van der Waals surface area contributed by atoms with Crippen LogP contribution in [-0.2, 0) is 0 Å². The number of rotatable bonds is 5. The minimum absolute atomic E-state index is 0.0832. The van der Waals surface area contributed by atoms with Crippen molar-refractivity contribution in [3.05, 3.63) is 33.9 Å². The molecule has 0 aliphatic rings. The molecular weight excluding hydrogens is 252 g/mol. The number of hydrazine groups is 1. The van der Waals surface area contributed by atoms with Crippen LogP contribution in [0.1, 0.15) is 17.3 Å². The molecule has 0 saturated heterocycles. The van der Waals surface area contributed by atoms with Gasteiger partial charge in [-0.3, -0.25) is 20.8 Å². The minimum Gasteiger partial charge on any atom is -0.392 e. The molecule has 1 rings (SSSR count). The van der Waals surface area contributed by atoms with Crippen LogP contribution in [0.25, 0.3) is 0 Å². The molecule has 0 saturated carbocycles. The van der Waals surface area contributed by atoms with Crippen LogP contribution in [-0.4, -0.2) is 40.5 Å². The Bertz CT molecular complexity index is 490. The second-order valence-electron chi connectivity index (χ2n) is 4.17. The van der Waals surface area contributed by atoms with Crippen LogP contribution in [0.2, 0.25) is 0 Å². The number of hydrogen-bond donors (Lipinski definition) is 3. The molecule has 19 heavy (non-hydrogen) atoms. The van der Waals surface area contributed by atoms with Gasteiger partial charge >= 0.3 is 0 Å². The van der Waals surface area contributed by atoms with Gasteiger partial charge in [0.15, 0.2) is 0 Å². The first-order valence-corrected chi connectivity index (χ1v) is 5.55. The van der Waals surface area contributed by atoms with Crippen molar-refractivity contribution in [2.24, 2.45) is 5.84 Å². The molecule has 1 atom stereocenters. The Morgan fingerprint density at radius 3 is 2.74 bits per heavy atom. The number of anilines is 1. The van der Waals surface area contributed by atoms with Gasteiger partial charge in [-0.05, 0) is 13.0 Å². The summed E-state index contributed by atoms with van der Waals surface area (Å²) < 4.78 is 0. The van der Waals surface area contributed by atoms with E-state index in [1.54, 1.807) is 6.92 Å². The molecule has 8 heteroatoms. The highest BCUT2D eigenvalue weighted by molar-refractivity contribution is 6.00. The van der Waals surface area contributed by atoms with E-state index in [1.165, 1.54) is 24.1 Å². The van der Waals surface area contributed by atoms with E-state index in [-0.39, 0.29) is 23.5 Å². The number of aliphatic hydroxyl groups is 1. The van der Waals surface area contributed by atoms with E-state index in [9.17, 15) is 20.0 Å². The molecule has 1 amide bonds. The fraction of sp³-hybridized carbons (Fsp3) is 0.364. The molecule has 0 aliphatic carbocycles. The highest BCUT2D eigenvalue weighted by atomic mass is 16.6. The number of non-ortho nitro benzene ring substituents is 1. The largest absolute Gasteiger partial charge is 0.392 e. The van der Waals surface area contributed by atoms with E-state index in [0.29, 0.717) is 0 Å². The molecule has 8 nitrogen and oxygen atoms in total. The number of hydrogen-bond acceptors (Lipinski definition) is 6. The zero-order valence-corrected chi connectivity index (χ0v) is 10.7. The average molecular weight is 268 g/mol. The van der Waals surface area contributed by atoms with Crippen molar-refractivity contribution >= 4 is 17.3 Å². The van der Waals surface area contributed by atoms with E-state index in [2.05, 4.69) is 5.43 Å². The summed E-state index contributed by atoms with van der Waals surface area (Å²) in [5.41, 5.74) is 2.49. The first-order valence-electron chi connectivity index (χ1n) is 5.55. The van der Waals surface area contributed by atoms with Gasteiger partial charge in [0.2, 0.25) is 0 Å². The van der Waals surface area contributed by atoms with Crippen molar-refractivity contribution in [1.82, 2.24) is 4.90 Å². The van der Waals surface area contributed by atoms with Crippen LogP contribution in [0.15, 0.2) is 18.2 Å². The molecule has 0 aliphatic heterocycles. The number of carbonyl (C=O) groups excluding carboxylic acids is 1. The minimum atomic E-state index is -0.693. The third kappa shape index (κ3) is 3.63. The molecule has 1 unspecified atom stereocenters. The summed E-state index contributed by atoms with van der Waals surface area (Å²) >= 11 is 0. The molecule has 1 aromatic carbocycles. The number of benzene rings is 1. The summed E-state index contributed by atoms with van der Waals surface area (Å²) in [6.07, 6.45) is -0.693. The van der Waals surface area contributed by atoms with Crippen LogP contribution in [0, 0.1) is 10.1 Å². The Morgan fingerprint density at radius 1 is 1.63 bits per heavy atom. The number of aliphatic hydroxyl groups excluding tert-OH is 1. The number of nitrogen functional groups attached to an aromatic ring is 1. The third-order valence-corrected chi connectivity index (χ3v) is 2.48. The van der Waals surface area contributed by atoms with Gasteiger partial charge in [-0.15, -0.1) is 0 Å². The fourth-order valence-electron chi connectivity index (χ4n) is 1.63. The molecule has 0 bridgehead atoms. The maximum atomic E-state index is 12.1. The van der Waals surface area contributed by atoms with Crippen LogP contribution in [0.4, 0.5) is 11.4 Å². The van der Waals surface area contributed by atoms with Crippen LogP contribution in [0.5, 0.6) is 0 Å². The van der Waals surface area contributed by atoms with Crippen molar-refractivity contribution in [2.75, 3.05) is 19.0 Å². The quantitative estimate of drug-likeness (QED) is 0.402. The molecule has 0 aromatic heterocycles. The zero-order chi connectivity index (χ0) is 14.6. The van der Waals surface area contributed by atoms with E-state index in [4.69, 9.17) is 5.84 Å². The molecule has 0 heterocycles. The highest BCUT2D eigenvalue weighted by Gasteiger charge is 2.20. The van der Waals surface area contributed by atoms with Crippen molar-refractivity contribution in [3.8, 4) is 0 Å². The van der Waals surface area contributed by atoms with Crippen molar-refractivity contribution in [2.45, 2.75) is 13.0 Å². The summed E-state index contributed by atoms with van der Waals surface area (Å²) in [6, 6.07) is 3.76. The first-order chi connectivity index (χ1) is 8.86. The topological polar surface area (TPSA) is 122 Å². The Labute approximate surface area is 109 Å². The number of nitro benzene ring substituents is 1. The Hall–Kier alpha value is -2.19. The smallest absolute Gasteiger partial charge is 0.270 e. The second-order valence-corrected chi connectivity index (χ2v) is 4.17. The van der Waals surface area contributed by atoms with Crippen LogP contribution >= 0.6 is 0 Å². The van der Waals surface area contributed by atoms with Crippen molar-refractivity contribution in [3.63, 3.8) is 0 Å². The summed E-state index contributed by atoms with van der Waals surface area (Å²) in [5.74, 6) is 4.82. The Morgan fingerprint density at radius 2 is 2.26 bits per heavy atom. The maximum Gasteiger partial charge on any atom is 0.270 e. The second kappa shape index (κ2) is 6.12. The van der Waals surface area contributed by atoms with E-state index < -0.39 is 16.9 Å². The molecule has 1 aromatic rings. The molecule has 104 valence electrons. The number of carbonyl (C=O) groups is 1. The molecule has 0 spiro atoms. The lowest BCUT2D eigenvalue weighted by molar-refractivity contribution is -0.384. The lowest BCUT2D eigenvalue weighted by Crippen LogP contribution is -2.33. The van der Waals surface area contributed by atoms with Crippen LogP contribution < -0.4 is 11.3 Å². The standard InChI is InChI=1S/C11H16N4O4/c1-7(16)6-14(2)11(17)9-5-8(15(18)19)3-4-10(9)13-12/h3-5,7,13,16H,6,12H2,1-2H3. The Kier molecular flexibility index (Phi) is 4.79. The predicted molar refractivity (Wildman–Crippen MR) is 69.5 cm³/mol. The van der Waals surface area contributed by atoms with Gasteiger partial charge in [0.25, 0.3) is 11.6 Å². The lowest BCUT2D eigenvalue weighted by Gasteiger charge is -2.20. The summed E-state index contributed by atoms with van der Waals surface area (Å²) in [6.45, 7) is 1.66. The number of nitrogens with one attached hydrogen (secondary N) is 1. The van der Waals surface area contributed by atoms with Crippen molar-refractivity contribution < 1.29 is 14.8 Å². The number of amides is 1. The normalized spacial score (nSPS) is 11.8. The molecular formula is C11H16N4O4. The van der Waals surface area contributed by atoms with Gasteiger partial charge in [-0.2, -0.15) is 0 Å². The van der Waals surface area contributed by atoms with Crippen molar-refractivity contribution in [1.29, 1.82) is 0 Å². The number of likely N-dealkylation sites (N-methyl/N-ethyl adjacent to an activating group) is 1. The predicted octanol–water partition coefficient (Wildman–Crippen LogP) is 0.333. The van der Waals surface area contributed by atoms with E-state index in [0.717, 1.165) is 6.07 Å². The van der Waals surface area contributed by atoms with Gasteiger partial charge in [0.05, 0.1) is 22.3 Å². The number of nitro groups is 1.